The van der Waals surface area contributed by atoms with Gasteiger partial charge in [0.25, 0.3) is 5.88 Å². The van der Waals surface area contributed by atoms with Gasteiger partial charge in [0.05, 0.1) is 17.7 Å². The maximum atomic E-state index is 13.9. The number of imidazole rings is 1. The number of para-hydroxylation sites is 2. The summed E-state index contributed by atoms with van der Waals surface area (Å²) >= 11 is 0. The van der Waals surface area contributed by atoms with E-state index in [1.54, 1.807) is 66.0 Å². The predicted molar refractivity (Wildman–Crippen MR) is 180 cm³/mol. The second kappa shape index (κ2) is 16.6. The van der Waals surface area contributed by atoms with Gasteiger partial charge < -0.3 is 29.0 Å². The Balaban J connectivity index is 1.67. The van der Waals surface area contributed by atoms with Crippen LogP contribution in [-0.2, 0) is 42.9 Å². The van der Waals surface area contributed by atoms with Crippen LogP contribution in [0.4, 0.5) is 35.3 Å². The number of carbonyl (C=O) groups is 6. The Kier molecular flexibility index (Phi) is 11.9. The summed E-state index contributed by atoms with van der Waals surface area (Å²) in [5.74, 6) is -7.07. The molecule has 55 heavy (non-hydrogen) atoms. The van der Waals surface area contributed by atoms with Gasteiger partial charge in [-0.1, -0.05) is 36.4 Å². The molecule has 3 amide bonds. The van der Waals surface area contributed by atoms with E-state index in [4.69, 9.17) is 23.7 Å². The normalized spacial score (nSPS) is 19.4. The zero-order valence-corrected chi connectivity index (χ0v) is 29.3. The van der Waals surface area contributed by atoms with Crippen molar-refractivity contribution in [2.24, 2.45) is 0 Å². The number of hydrogen-bond donors (Lipinski definition) is 2. The quantitative estimate of drug-likeness (QED) is 0.174. The standard InChI is InChI=1S/C34H32F3N7O11/c1-17(45)39-32-41-28-25(29(42-32)55-33(50)44(21-11-7-5-8-12-21)22-13-9-6-10-14-22)38-16-43(28)30-24(40-31(49)34(35,36)37)27(53-20(4)48)26(52-19(3)47)23(54-30)15-51-18(2)46/h5-14,16,23-24,26-27,30H,15H2,1-4H3,(H,40,49)(H,39,41,42,45)/t23-,24-,26-,27-,30-/m1/s1. The van der Waals surface area contributed by atoms with Crippen LogP contribution in [0.15, 0.2) is 67.0 Å². The first-order valence-corrected chi connectivity index (χ1v) is 16.2. The zero-order chi connectivity index (χ0) is 40.0. The first-order valence-electron chi connectivity index (χ1n) is 16.2. The van der Waals surface area contributed by atoms with Crippen LogP contribution >= 0.6 is 0 Å². The third-order valence-corrected chi connectivity index (χ3v) is 7.62. The van der Waals surface area contributed by atoms with Gasteiger partial charge >= 0.3 is 36.1 Å². The smallest absolute Gasteiger partial charge is 0.463 e. The number of ether oxygens (including phenoxy) is 5. The molecule has 18 nitrogen and oxygen atoms in total. The number of alkyl halides is 3. The summed E-state index contributed by atoms with van der Waals surface area (Å²) in [6, 6.07) is 14.7. The second-order valence-electron chi connectivity index (χ2n) is 11.7. The average molecular weight is 772 g/mol. The molecule has 1 aliphatic rings. The van der Waals surface area contributed by atoms with Crippen molar-refractivity contribution in [3.05, 3.63) is 67.0 Å². The molecule has 5 atom stereocenters. The molecule has 290 valence electrons. The molecule has 0 bridgehead atoms. The molecule has 2 aromatic carbocycles. The third-order valence-electron chi connectivity index (χ3n) is 7.62. The lowest BCUT2D eigenvalue weighted by molar-refractivity contribution is -0.239. The highest BCUT2D eigenvalue weighted by Gasteiger charge is 2.54. The van der Waals surface area contributed by atoms with Crippen LogP contribution in [0.3, 0.4) is 0 Å². The van der Waals surface area contributed by atoms with Crippen LogP contribution in [0, 0.1) is 0 Å². The number of aromatic nitrogens is 4. The van der Waals surface area contributed by atoms with E-state index in [0.29, 0.717) is 11.4 Å². The van der Waals surface area contributed by atoms with Crippen molar-refractivity contribution in [3.8, 4) is 5.88 Å². The lowest BCUT2D eigenvalue weighted by Gasteiger charge is -2.45. The Morgan fingerprint density at radius 2 is 1.42 bits per heavy atom. The van der Waals surface area contributed by atoms with Crippen LogP contribution in [0.5, 0.6) is 5.88 Å². The van der Waals surface area contributed by atoms with Crippen molar-refractivity contribution < 1.29 is 65.6 Å². The lowest BCUT2D eigenvalue weighted by atomic mass is 9.94. The summed E-state index contributed by atoms with van der Waals surface area (Å²) in [7, 11) is 0. The Hall–Kier alpha value is -6.64. The number of carbonyl (C=O) groups excluding carboxylic acids is 6. The second-order valence-corrected chi connectivity index (χ2v) is 11.7. The van der Waals surface area contributed by atoms with Crippen molar-refractivity contribution in [2.45, 2.75) is 64.5 Å². The molecule has 5 rings (SSSR count). The van der Waals surface area contributed by atoms with E-state index in [0.717, 1.165) is 38.6 Å². The number of benzene rings is 2. The Morgan fingerprint density at radius 3 is 1.95 bits per heavy atom. The fraction of sp³-hybridized carbons (Fsp3) is 0.324. The first kappa shape index (κ1) is 39.6. The van der Waals surface area contributed by atoms with E-state index in [2.05, 4.69) is 20.3 Å². The molecule has 3 heterocycles. The van der Waals surface area contributed by atoms with Gasteiger partial charge in [0, 0.05) is 27.7 Å². The maximum absolute atomic E-state index is 13.9. The van der Waals surface area contributed by atoms with Crippen molar-refractivity contribution in [1.82, 2.24) is 24.8 Å². The monoisotopic (exact) mass is 771 g/mol. The van der Waals surface area contributed by atoms with Crippen LogP contribution < -0.4 is 20.3 Å². The number of amides is 3. The molecule has 1 fully saturated rings. The number of nitrogens with zero attached hydrogens (tertiary/aromatic N) is 5. The molecular weight excluding hydrogens is 739 g/mol. The number of anilines is 3. The molecule has 0 spiro atoms. The summed E-state index contributed by atoms with van der Waals surface area (Å²) < 4.78 is 69.7. The van der Waals surface area contributed by atoms with E-state index < -0.39 is 91.0 Å². The van der Waals surface area contributed by atoms with Gasteiger partial charge in [0.15, 0.2) is 29.6 Å². The molecule has 0 aliphatic carbocycles. The zero-order valence-electron chi connectivity index (χ0n) is 29.3. The number of esters is 3. The van der Waals surface area contributed by atoms with Crippen LogP contribution in [0.2, 0.25) is 0 Å². The third kappa shape index (κ3) is 9.48. The molecule has 1 saturated heterocycles. The maximum Gasteiger partial charge on any atom is 0.471 e. The minimum Gasteiger partial charge on any atom is -0.463 e. The molecule has 21 heteroatoms. The van der Waals surface area contributed by atoms with E-state index >= 15 is 0 Å². The summed E-state index contributed by atoms with van der Waals surface area (Å²) in [4.78, 5) is 88.7. The van der Waals surface area contributed by atoms with Gasteiger partial charge in [-0.25, -0.2) is 14.7 Å². The minimum atomic E-state index is -5.47. The highest BCUT2D eigenvalue weighted by molar-refractivity contribution is 5.98. The Morgan fingerprint density at radius 1 is 0.836 bits per heavy atom. The van der Waals surface area contributed by atoms with Gasteiger partial charge in [-0.2, -0.15) is 23.1 Å². The van der Waals surface area contributed by atoms with Crippen molar-refractivity contribution in [1.29, 1.82) is 0 Å². The molecule has 1 aliphatic heterocycles. The number of rotatable bonds is 10. The van der Waals surface area contributed by atoms with Gasteiger partial charge in [0.1, 0.15) is 18.8 Å². The molecule has 0 unspecified atom stereocenters. The fourth-order valence-electron chi connectivity index (χ4n) is 5.55. The van der Waals surface area contributed by atoms with Gasteiger partial charge in [0.2, 0.25) is 11.9 Å². The van der Waals surface area contributed by atoms with Gasteiger partial charge in [-0.05, 0) is 24.3 Å². The van der Waals surface area contributed by atoms with Crippen molar-refractivity contribution >= 4 is 64.3 Å². The molecule has 4 aromatic rings. The SMILES string of the molecule is CC(=O)Nc1nc(OC(=O)N(c2ccccc2)c2ccccc2)c2ncn([C@@H]3O[C@H](COC(C)=O)[C@@H](OC(C)=O)[C@H](OC(C)=O)[C@H]3NC(=O)C(F)(F)F)c2n1. The van der Waals surface area contributed by atoms with Crippen molar-refractivity contribution in [2.75, 3.05) is 16.8 Å². The first-order chi connectivity index (χ1) is 26.0. The van der Waals surface area contributed by atoms with Crippen LogP contribution in [0.1, 0.15) is 33.9 Å². The van der Waals surface area contributed by atoms with Crippen LogP contribution in [0.25, 0.3) is 11.2 Å². The highest BCUT2D eigenvalue weighted by Crippen LogP contribution is 2.37. The van der Waals surface area contributed by atoms with E-state index in [9.17, 15) is 41.9 Å². The fourth-order valence-corrected chi connectivity index (χ4v) is 5.55. The number of nitrogens with one attached hydrogen (secondary N) is 2. The van der Waals surface area contributed by atoms with Gasteiger partial charge in [-0.3, -0.25) is 33.9 Å². The number of fused-ring (bicyclic) bond motifs is 1. The lowest BCUT2D eigenvalue weighted by Crippen LogP contribution is -2.65. The summed E-state index contributed by atoms with van der Waals surface area (Å²) in [5, 5.41) is 4.07. The molecule has 2 aromatic heterocycles. The van der Waals surface area contributed by atoms with E-state index in [1.807, 2.05) is 0 Å². The summed E-state index contributed by atoms with van der Waals surface area (Å²) in [6.45, 7) is 3.34. The number of halogens is 3. The minimum absolute atomic E-state index is 0.296. The van der Waals surface area contributed by atoms with Gasteiger partial charge in [-0.15, -0.1) is 0 Å². The van der Waals surface area contributed by atoms with Crippen molar-refractivity contribution in [3.63, 3.8) is 0 Å². The molecular formula is C34H32F3N7O11. The summed E-state index contributed by atoms with van der Waals surface area (Å²) in [5.41, 5.74) is 0.125. The predicted octanol–water partition coefficient (Wildman–Crippen LogP) is 3.49. The highest BCUT2D eigenvalue weighted by atomic mass is 19.4. The average Bonchev–Trinajstić information content (AvgIpc) is 3.53. The Bertz CT molecular complexity index is 2040. The van der Waals surface area contributed by atoms with E-state index in [-0.39, 0.29) is 11.2 Å². The van der Waals surface area contributed by atoms with Crippen LogP contribution in [-0.4, -0.2) is 92.5 Å². The molecule has 0 saturated carbocycles. The topological polar surface area (TPSA) is 219 Å². The molecule has 2 N–H and O–H groups in total. The Labute approximate surface area is 308 Å². The number of hydrogen-bond acceptors (Lipinski definition) is 14. The molecule has 0 radical (unpaired) electrons. The largest absolute Gasteiger partial charge is 0.471 e. The summed E-state index contributed by atoms with van der Waals surface area (Å²) in [6.07, 6.45) is -12.6. The van der Waals surface area contributed by atoms with E-state index in [1.165, 1.54) is 4.90 Å².